The number of β-lactam (4-membered cyclic amide) rings is 1. The number of carboxylic acids is 1. The molecule has 1 unspecified atom stereocenters. The molecule has 32 heavy (non-hydrogen) atoms. The monoisotopic (exact) mass is 467 g/mol. The zero-order valence-electron chi connectivity index (χ0n) is 18.1. The summed E-state index contributed by atoms with van der Waals surface area (Å²) in [5.41, 5.74) is 0. The summed E-state index contributed by atoms with van der Waals surface area (Å²) >= 11 is 1.35. The third kappa shape index (κ3) is 3.89. The third-order valence-electron chi connectivity index (χ3n) is 6.76. The first-order valence-corrected chi connectivity index (χ1v) is 11.9. The summed E-state index contributed by atoms with van der Waals surface area (Å²) in [5.74, 6) is -2.06. The topological polar surface area (TPSA) is 148 Å². The van der Waals surface area contributed by atoms with E-state index in [1.165, 1.54) is 16.7 Å². The van der Waals surface area contributed by atoms with E-state index < -0.39 is 58.1 Å². The zero-order valence-corrected chi connectivity index (χ0v) is 18.9. The summed E-state index contributed by atoms with van der Waals surface area (Å²) in [6.45, 7) is 4.13. The van der Waals surface area contributed by atoms with Crippen LogP contribution in [0.5, 0.6) is 0 Å². The Hall–Kier alpha value is -2.50. The summed E-state index contributed by atoms with van der Waals surface area (Å²) in [4.78, 5) is 64.5. The molecule has 4 rings (SSSR count). The van der Waals surface area contributed by atoms with E-state index in [1.807, 2.05) is 0 Å². The Bertz CT molecular complexity index is 844. The molecule has 0 aromatic carbocycles. The van der Waals surface area contributed by atoms with Crippen molar-refractivity contribution in [2.75, 3.05) is 13.1 Å². The van der Waals surface area contributed by atoms with Crippen LogP contribution in [-0.4, -0.2) is 86.1 Å². The van der Waals surface area contributed by atoms with Crippen LogP contribution in [0.3, 0.4) is 0 Å². The number of aliphatic carboxylic acids is 1. The van der Waals surface area contributed by atoms with Gasteiger partial charge in [0.15, 0.2) is 0 Å². The van der Waals surface area contributed by atoms with Gasteiger partial charge in [-0.2, -0.15) is 0 Å². The van der Waals surface area contributed by atoms with Crippen molar-refractivity contribution in [3.63, 3.8) is 0 Å². The maximum atomic E-state index is 13.2. The molecule has 0 radical (unpaired) electrons. The van der Waals surface area contributed by atoms with Crippen molar-refractivity contribution in [2.45, 2.75) is 74.2 Å². The van der Waals surface area contributed by atoms with Gasteiger partial charge in [-0.15, -0.1) is 11.8 Å². The van der Waals surface area contributed by atoms with Crippen LogP contribution >= 0.6 is 11.8 Å². The second-order valence-electron chi connectivity index (χ2n) is 9.29. The highest BCUT2D eigenvalue weighted by molar-refractivity contribution is 8.01. The average Bonchev–Trinajstić information content (AvgIpc) is 3.29. The quantitative estimate of drug-likeness (QED) is 0.425. The lowest BCUT2D eigenvalue weighted by molar-refractivity contribution is -0.161. The first-order chi connectivity index (χ1) is 15.1. The van der Waals surface area contributed by atoms with Crippen LogP contribution in [0.15, 0.2) is 0 Å². The Labute approximate surface area is 190 Å². The Balaban J connectivity index is 1.47. The summed E-state index contributed by atoms with van der Waals surface area (Å²) in [6, 6.07) is -3.79. The maximum Gasteiger partial charge on any atom is 0.327 e. The number of rotatable bonds is 5. The van der Waals surface area contributed by atoms with Crippen molar-refractivity contribution in [3.05, 3.63) is 0 Å². The summed E-state index contributed by atoms with van der Waals surface area (Å²) in [5, 5.41) is 17.1. The van der Waals surface area contributed by atoms with Gasteiger partial charge in [0.05, 0.1) is 0 Å². The number of nitrogens with one attached hydrogen (secondary N) is 3. The highest BCUT2D eigenvalue weighted by atomic mass is 32.2. The minimum absolute atomic E-state index is 0.0934. The number of hydrogen-bond acceptors (Lipinski definition) is 6. The number of imide groups is 1. The van der Waals surface area contributed by atoms with Crippen molar-refractivity contribution in [1.82, 2.24) is 25.8 Å². The molecule has 0 aromatic rings. The van der Waals surface area contributed by atoms with Crippen molar-refractivity contribution in [1.29, 1.82) is 0 Å². The lowest BCUT2D eigenvalue weighted by Gasteiger charge is -2.44. The van der Waals surface area contributed by atoms with E-state index >= 15 is 0 Å². The predicted molar refractivity (Wildman–Crippen MR) is 115 cm³/mol. The van der Waals surface area contributed by atoms with E-state index in [1.54, 1.807) is 13.8 Å². The molecule has 3 saturated heterocycles. The minimum Gasteiger partial charge on any atom is -0.480 e. The fourth-order valence-electron chi connectivity index (χ4n) is 5.13. The smallest absolute Gasteiger partial charge is 0.327 e. The van der Waals surface area contributed by atoms with Gasteiger partial charge in [-0.25, -0.2) is 19.3 Å². The molecule has 0 bridgehead atoms. The van der Waals surface area contributed by atoms with Crippen molar-refractivity contribution < 1.29 is 29.1 Å². The van der Waals surface area contributed by atoms with Gasteiger partial charge >= 0.3 is 18.0 Å². The number of carboxylic acid groups (broad SMARTS) is 1. The Morgan fingerprint density at radius 1 is 1.19 bits per heavy atom. The fraction of sp³-hybridized carbons (Fsp3) is 0.750. The van der Waals surface area contributed by atoms with Crippen LogP contribution in [0.4, 0.5) is 9.59 Å². The first-order valence-electron chi connectivity index (χ1n) is 11.0. The molecule has 4 N–H and O–H groups in total. The van der Waals surface area contributed by atoms with E-state index in [9.17, 15) is 29.1 Å². The molecule has 0 spiro atoms. The Kier molecular flexibility index (Phi) is 5.99. The number of amides is 6. The highest BCUT2D eigenvalue weighted by Crippen LogP contribution is 2.50. The van der Waals surface area contributed by atoms with Crippen LogP contribution in [-0.2, 0) is 14.4 Å². The summed E-state index contributed by atoms with van der Waals surface area (Å²) < 4.78 is -0.689. The normalized spacial score (nSPS) is 30.2. The first kappa shape index (κ1) is 22.7. The second kappa shape index (κ2) is 8.45. The molecule has 1 saturated carbocycles. The number of carbonyl (C=O) groups excluding carboxylic acids is 4. The molecule has 176 valence electrons. The van der Waals surface area contributed by atoms with Gasteiger partial charge in [0, 0.05) is 17.8 Å². The van der Waals surface area contributed by atoms with Crippen LogP contribution in [0.1, 0.15) is 46.0 Å². The molecule has 0 aromatic heterocycles. The minimum atomic E-state index is -1.07. The molecule has 4 atom stereocenters. The Morgan fingerprint density at radius 2 is 1.88 bits per heavy atom. The van der Waals surface area contributed by atoms with Crippen molar-refractivity contribution >= 4 is 41.6 Å². The molecule has 1 aliphatic carbocycles. The molecule has 4 aliphatic rings. The zero-order chi connectivity index (χ0) is 23.2. The number of nitrogens with zero attached hydrogens (tertiary/aromatic N) is 2. The number of fused-ring (bicyclic) bond motifs is 1. The van der Waals surface area contributed by atoms with Gasteiger partial charge in [0.1, 0.15) is 23.5 Å². The van der Waals surface area contributed by atoms with Crippen molar-refractivity contribution in [3.8, 4) is 0 Å². The van der Waals surface area contributed by atoms with Gasteiger partial charge in [-0.3, -0.25) is 9.59 Å². The third-order valence-corrected chi connectivity index (χ3v) is 8.33. The maximum absolute atomic E-state index is 13.2. The predicted octanol–water partition coefficient (Wildman–Crippen LogP) is 0.302. The van der Waals surface area contributed by atoms with Crippen LogP contribution in [0, 0.1) is 5.92 Å². The SMILES string of the molecule is CC1(C)S[C@@H]2[C@H](NC(=O)[C@H](NC(=O)N3CCNC3=O)C3CCCCC3)C(=O)N2C1C(=O)O. The van der Waals surface area contributed by atoms with Crippen LogP contribution < -0.4 is 16.0 Å². The number of thioether (sulfide) groups is 1. The lowest BCUT2D eigenvalue weighted by atomic mass is 9.83. The molecular weight excluding hydrogens is 438 g/mol. The average molecular weight is 468 g/mol. The van der Waals surface area contributed by atoms with E-state index in [4.69, 9.17) is 0 Å². The van der Waals surface area contributed by atoms with Gasteiger partial charge in [0.25, 0.3) is 0 Å². The second-order valence-corrected chi connectivity index (χ2v) is 11.1. The van der Waals surface area contributed by atoms with Crippen LogP contribution in [0.2, 0.25) is 0 Å². The van der Waals surface area contributed by atoms with Gasteiger partial charge < -0.3 is 26.0 Å². The fourth-order valence-corrected chi connectivity index (χ4v) is 6.76. The molecular formula is C20H29N5O6S. The lowest BCUT2D eigenvalue weighted by Crippen LogP contribution is -2.72. The van der Waals surface area contributed by atoms with E-state index in [2.05, 4.69) is 16.0 Å². The van der Waals surface area contributed by atoms with Gasteiger partial charge in [-0.1, -0.05) is 19.3 Å². The molecule has 4 fully saturated rings. The molecule has 3 aliphatic heterocycles. The Morgan fingerprint density at radius 3 is 2.47 bits per heavy atom. The summed E-state index contributed by atoms with van der Waals surface area (Å²) in [6.07, 6.45) is 4.48. The largest absolute Gasteiger partial charge is 0.480 e. The molecule has 6 amide bonds. The highest BCUT2D eigenvalue weighted by Gasteiger charge is 2.64. The van der Waals surface area contributed by atoms with E-state index in [0.717, 1.165) is 37.0 Å². The van der Waals surface area contributed by atoms with Crippen molar-refractivity contribution in [2.24, 2.45) is 5.92 Å². The molecule has 11 nitrogen and oxygen atoms in total. The molecule has 3 heterocycles. The van der Waals surface area contributed by atoms with Crippen LogP contribution in [0.25, 0.3) is 0 Å². The number of hydrogen-bond donors (Lipinski definition) is 4. The molecule has 12 heteroatoms. The number of urea groups is 2. The van der Waals surface area contributed by atoms with E-state index in [0.29, 0.717) is 6.54 Å². The van der Waals surface area contributed by atoms with E-state index in [-0.39, 0.29) is 12.5 Å². The van der Waals surface area contributed by atoms with Gasteiger partial charge in [-0.05, 0) is 32.6 Å². The standard InChI is InChI=1S/C20H29N5O6S/c1-20(2)13(17(28)29)25-15(27)12(16(25)32-20)22-14(26)11(10-6-4-3-5-7-10)23-19(31)24-9-8-21-18(24)30/h10-13,16H,3-9H2,1-2H3,(H,21,30)(H,22,26)(H,23,31)(H,28,29)/t11-,12-,13?,16-/m1/s1. The number of carbonyl (C=O) groups is 5. The van der Waals surface area contributed by atoms with Gasteiger partial charge in [0.2, 0.25) is 11.8 Å². The summed E-state index contributed by atoms with van der Waals surface area (Å²) in [7, 11) is 0.